The minimum Gasteiger partial charge on any atom is -0.462 e. The lowest BCUT2D eigenvalue weighted by Gasteiger charge is -2.16. The monoisotopic (exact) mass is 371 g/mol. The number of aliphatic hydroxyl groups is 1. The second-order valence-electron chi connectivity index (χ2n) is 7.42. The standard InChI is InChI=1S/C22H45NO3/c1-3-5-6-7-9-12-16-21(4-2)26-22(25)17-13-10-8-11-14-18-23-19-15-20-24/h21,23-24H,3-20H2,1-2H3. The Bertz CT molecular complexity index is 297. The lowest BCUT2D eigenvalue weighted by molar-refractivity contribution is -0.149. The first-order valence-electron chi connectivity index (χ1n) is 11.3. The number of hydrogen-bond donors (Lipinski definition) is 2. The Morgan fingerprint density at radius 3 is 2.15 bits per heavy atom. The van der Waals surface area contributed by atoms with E-state index in [9.17, 15) is 4.79 Å². The van der Waals surface area contributed by atoms with Gasteiger partial charge >= 0.3 is 5.97 Å². The van der Waals surface area contributed by atoms with E-state index in [4.69, 9.17) is 9.84 Å². The minimum absolute atomic E-state index is 0.00602. The summed E-state index contributed by atoms with van der Waals surface area (Å²) in [6.45, 7) is 6.55. The summed E-state index contributed by atoms with van der Waals surface area (Å²) in [6.07, 6.45) is 16.8. The van der Waals surface area contributed by atoms with Crippen molar-refractivity contribution in [1.82, 2.24) is 5.32 Å². The van der Waals surface area contributed by atoms with Crippen molar-refractivity contribution in [1.29, 1.82) is 0 Å². The molecule has 0 amide bonds. The maximum Gasteiger partial charge on any atom is 0.306 e. The Kier molecular flexibility index (Phi) is 20.2. The number of ether oxygens (including phenoxy) is 1. The van der Waals surface area contributed by atoms with Gasteiger partial charge in [-0.3, -0.25) is 4.79 Å². The Morgan fingerprint density at radius 2 is 1.46 bits per heavy atom. The lowest BCUT2D eigenvalue weighted by atomic mass is 10.1. The molecule has 0 saturated carbocycles. The van der Waals surface area contributed by atoms with E-state index in [0.717, 1.165) is 45.2 Å². The van der Waals surface area contributed by atoms with Crippen molar-refractivity contribution in [2.75, 3.05) is 19.7 Å². The van der Waals surface area contributed by atoms with E-state index in [2.05, 4.69) is 19.2 Å². The highest BCUT2D eigenvalue weighted by Gasteiger charge is 2.12. The summed E-state index contributed by atoms with van der Waals surface area (Å²) in [4.78, 5) is 12.0. The van der Waals surface area contributed by atoms with Crippen molar-refractivity contribution in [3.8, 4) is 0 Å². The van der Waals surface area contributed by atoms with Crippen molar-refractivity contribution in [3.63, 3.8) is 0 Å². The minimum atomic E-state index is -0.00602. The molecule has 1 unspecified atom stereocenters. The van der Waals surface area contributed by atoms with E-state index >= 15 is 0 Å². The van der Waals surface area contributed by atoms with Crippen molar-refractivity contribution in [3.05, 3.63) is 0 Å². The predicted octanol–water partition coefficient (Wildman–Crippen LogP) is 5.37. The van der Waals surface area contributed by atoms with Gasteiger partial charge in [0.15, 0.2) is 0 Å². The Labute approximate surface area is 162 Å². The van der Waals surface area contributed by atoms with Crippen molar-refractivity contribution < 1.29 is 14.6 Å². The van der Waals surface area contributed by atoms with Crippen molar-refractivity contribution in [2.45, 2.75) is 116 Å². The van der Waals surface area contributed by atoms with E-state index in [1.807, 2.05) is 0 Å². The smallest absolute Gasteiger partial charge is 0.306 e. The van der Waals surface area contributed by atoms with Crippen LogP contribution in [0.2, 0.25) is 0 Å². The first-order valence-corrected chi connectivity index (χ1v) is 11.3. The molecule has 0 spiro atoms. The van der Waals surface area contributed by atoms with Crippen LogP contribution < -0.4 is 5.32 Å². The zero-order valence-electron chi connectivity index (χ0n) is 17.6. The van der Waals surface area contributed by atoms with Gasteiger partial charge in [-0.2, -0.15) is 0 Å². The van der Waals surface area contributed by atoms with Crippen molar-refractivity contribution in [2.24, 2.45) is 0 Å². The van der Waals surface area contributed by atoms with E-state index < -0.39 is 0 Å². The topological polar surface area (TPSA) is 58.6 Å². The molecule has 0 heterocycles. The van der Waals surface area contributed by atoms with Gasteiger partial charge in [0.2, 0.25) is 0 Å². The number of carbonyl (C=O) groups excluding carboxylic acids is 1. The second-order valence-corrected chi connectivity index (χ2v) is 7.42. The largest absolute Gasteiger partial charge is 0.462 e. The molecule has 4 nitrogen and oxygen atoms in total. The molecule has 156 valence electrons. The van der Waals surface area contributed by atoms with Gasteiger partial charge in [0.25, 0.3) is 0 Å². The summed E-state index contributed by atoms with van der Waals surface area (Å²) in [5.41, 5.74) is 0. The molecule has 0 saturated heterocycles. The maximum atomic E-state index is 12.0. The van der Waals surface area contributed by atoms with Crippen LogP contribution in [0, 0.1) is 0 Å². The van der Waals surface area contributed by atoms with Gasteiger partial charge < -0.3 is 15.2 Å². The lowest BCUT2D eigenvalue weighted by Crippen LogP contribution is -2.17. The van der Waals surface area contributed by atoms with Crippen LogP contribution in [-0.4, -0.2) is 36.9 Å². The fraction of sp³-hybridized carbons (Fsp3) is 0.955. The molecular weight excluding hydrogens is 326 g/mol. The molecule has 0 aromatic rings. The predicted molar refractivity (Wildman–Crippen MR) is 110 cm³/mol. The third kappa shape index (κ3) is 18.2. The first-order chi connectivity index (χ1) is 12.7. The van der Waals surface area contributed by atoms with Gasteiger partial charge in [0.05, 0.1) is 0 Å². The van der Waals surface area contributed by atoms with Crippen LogP contribution >= 0.6 is 0 Å². The number of nitrogens with one attached hydrogen (secondary N) is 1. The van der Waals surface area contributed by atoms with Crippen molar-refractivity contribution >= 4 is 5.97 Å². The van der Waals surface area contributed by atoms with Crippen LogP contribution in [-0.2, 0) is 9.53 Å². The Balaban J connectivity index is 3.46. The van der Waals surface area contributed by atoms with Crippen LogP contribution in [0.3, 0.4) is 0 Å². The van der Waals surface area contributed by atoms with Crippen LogP contribution in [0.25, 0.3) is 0 Å². The van der Waals surface area contributed by atoms with Gasteiger partial charge in [-0.15, -0.1) is 0 Å². The van der Waals surface area contributed by atoms with Crippen LogP contribution in [0.15, 0.2) is 0 Å². The molecule has 0 aliphatic heterocycles. The summed E-state index contributed by atoms with van der Waals surface area (Å²) in [5, 5.41) is 12.0. The van der Waals surface area contributed by atoms with Gasteiger partial charge in [-0.05, 0) is 51.6 Å². The van der Waals surface area contributed by atoms with Gasteiger partial charge in [0, 0.05) is 13.0 Å². The molecule has 0 aliphatic carbocycles. The number of aliphatic hydroxyl groups excluding tert-OH is 1. The summed E-state index contributed by atoms with van der Waals surface area (Å²) in [5.74, 6) is -0.00602. The molecule has 0 radical (unpaired) electrons. The number of esters is 1. The summed E-state index contributed by atoms with van der Waals surface area (Å²) in [6, 6.07) is 0. The molecule has 4 heteroatoms. The van der Waals surface area contributed by atoms with E-state index in [-0.39, 0.29) is 18.7 Å². The highest BCUT2D eigenvalue weighted by atomic mass is 16.5. The zero-order valence-corrected chi connectivity index (χ0v) is 17.6. The third-order valence-corrected chi connectivity index (χ3v) is 4.88. The normalized spacial score (nSPS) is 12.3. The first kappa shape index (κ1) is 25.4. The van der Waals surface area contributed by atoms with Gasteiger partial charge in [-0.1, -0.05) is 65.2 Å². The highest BCUT2D eigenvalue weighted by molar-refractivity contribution is 5.69. The Morgan fingerprint density at radius 1 is 0.846 bits per heavy atom. The quantitative estimate of drug-likeness (QED) is 0.223. The number of rotatable bonds is 20. The average molecular weight is 372 g/mol. The number of unbranched alkanes of at least 4 members (excludes halogenated alkanes) is 9. The van der Waals surface area contributed by atoms with Gasteiger partial charge in [0.1, 0.15) is 6.10 Å². The molecule has 0 fully saturated rings. The summed E-state index contributed by atoms with van der Waals surface area (Å²) >= 11 is 0. The summed E-state index contributed by atoms with van der Waals surface area (Å²) < 4.78 is 5.64. The summed E-state index contributed by atoms with van der Waals surface area (Å²) in [7, 11) is 0. The van der Waals surface area contributed by atoms with E-state index in [1.165, 1.54) is 57.8 Å². The van der Waals surface area contributed by atoms with Crippen LogP contribution in [0.1, 0.15) is 110 Å². The van der Waals surface area contributed by atoms with E-state index in [0.29, 0.717) is 6.42 Å². The second kappa shape index (κ2) is 20.7. The fourth-order valence-corrected chi connectivity index (χ4v) is 3.12. The zero-order chi connectivity index (χ0) is 19.3. The molecule has 2 N–H and O–H groups in total. The molecular formula is C22H45NO3. The van der Waals surface area contributed by atoms with E-state index in [1.54, 1.807) is 0 Å². The average Bonchev–Trinajstić information content (AvgIpc) is 2.65. The van der Waals surface area contributed by atoms with Gasteiger partial charge in [-0.25, -0.2) is 0 Å². The number of hydrogen-bond acceptors (Lipinski definition) is 4. The van der Waals surface area contributed by atoms with Crippen LogP contribution in [0.4, 0.5) is 0 Å². The Hall–Kier alpha value is -0.610. The highest BCUT2D eigenvalue weighted by Crippen LogP contribution is 2.14. The maximum absolute atomic E-state index is 12.0. The fourth-order valence-electron chi connectivity index (χ4n) is 3.12. The molecule has 0 rings (SSSR count). The molecule has 0 bridgehead atoms. The molecule has 0 aromatic heterocycles. The molecule has 26 heavy (non-hydrogen) atoms. The SMILES string of the molecule is CCCCCCCCC(CC)OC(=O)CCCCCCCNCCCO. The molecule has 0 aromatic carbocycles. The number of carbonyl (C=O) groups is 1. The molecule has 0 aliphatic rings. The van der Waals surface area contributed by atoms with Crippen LogP contribution in [0.5, 0.6) is 0 Å². The molecule has 1 atom stereocenters. The third-order valence-electron chi connectivity index (χ3n) is 4.88.